The van der Waals surface area contributed by atoms with Crippen molar-refractivity contribution in [2.24, 2.45) is 5.41 Å². The molecule has 9 heavy (non-hydrogen) atoms. The summed E-state index contributed by atoms with van der Waals surface area (Å²) in [4.78, 5) is 10.6. The first-order chi connectivity index (χ1) is 3.89. The largest absolute Gasteiger partial charge is 0.281 e. The Bertz CT molecular complexity index is 122. The van der Waals surface area contributed by atoms with Crippen LogP contribution in [0.15, 0.2) is 0 Å². The molecule has 1 nitrogen and oxygen atoms in total. The molecule has 0 saturated carbocycles. The smallest absolute Gasteiger partial charge is 0.229 e. The SMILES string of the molecule is CC(C)(C(=O)Cl)C(S)S. The first-order valence-electron chi connectivity index (χ1n) is 2.45. The predicted molar refractivity (Wildman–Crippen MR) is 46.4 cm³/mol. The lowest BCUT2D eigenvalue weighted by Crippen LogP contribution is -2.26. The van der Waals surface area contributed by atoms with Crippen LogP contribution in [0.3, 0.4) is 0 Å². The Hall–Kier alpha value is 0.660. The zero-order chi connectivity index (χ0) is 7.65. The fourth-order valence-corrected chi connectivity index (χ4v) is 0.597. The van der Waals surface area contributed by atoms with Gasteiger partial charge in [-0.2, -0.15) is 25.3 Å². The Morgan fingerprint density at radius 1 is 1.56 bits per heavy atom. The monoisotopic (exact) mass is 184 g/mol. The second-order valence-electron chi connectivity index (χ2n) is 2.37. The van der Waals surface area contributed by atoms with Crippen molar-refractivity contribution in [2.75, 3.05) is 0 Å². The van der Waals surface area contributed by atoms with Gasteiger partial charge in [-0.3, -0.25) is 4.79 Å². The highest BCUT2D eigenvalue weighted by Crippen LogP contribution is 2.29. The van der Waals surface area contributed by atoms with Gasteiger partial charge in [-0.05, 0) is 25.4 Å². The molecule has 0 aromatic heterocycles. The molecule has 0 aliphatic rings. The maximum absolute atomic E-state index is 10.6. The van der Waals surface area contributed by atoms with Gasteiger partial charge >= 0.3 is 0 Å². The van der Waals surface area contributed by atoms with Gasteiger partial charge in [0, 0.05) is 0 Å². The molecule has 0 aliphatic carbocycles. The van der Waals surface area contributed by atoms with Crippen molar-refractivity contribution in [3.8, 4) is 0 Å². The van der Waals surface area contributed by atoms with Crippen LogP contribution in [-0.2, 0) is 4.79 Å². The fourth-order valence-electron chi connectivity index (χ4n) is 0.101. The Labute approximate surface area is 71.0 Å². The number of rotatable bonds is 2. The number of carbonyl (C=O) groups is 1. The van der Waals surface area contributed by atoms with E-state index in [2.05, 4.69) is 25.3 Å². The Kier molecular flexibility index (Phi) is 3.40. The van der Waals surface area contributed by atoms with E-state index >= 15 is 0 Å². The standard InChI is InChI=1S/C5H9ClOS2/c1-5(2,3(6)7)4(8)9/h4,8-9H,1-2H3. The van der Waals surface area contributed by atoms with Crippen LogP contribution in [0.25, 0.3) is 0 Å². The number of hydrogen-bond acceptors (Lipinski definition) is 3. The molecule has 0 saturated heterocycles. The average molecular weight is 185 g/mol. The quantitative estimate of drug-likeness (QED) is 0.381. The fraction of sp³-hybridized carbons (Fsp3) is 0.800. The van der Waals surface area contributed by atoms with Crippen LogP contribution in [0.4, 0.5) is 0 Å². The van der Waals surface area contributed by atoms with E-state index in [0.29, 0.717) is 0 Å². The molecule has 0 atom stereocenters. The van der Waals surface area contributed by atoms with Crippen molar-refractivity contribution in [3.05, 3.63) is 0 Å². The molecule has 0 amide bonds. The second kappa shape index (κ2) is 3.17. The maximum Gasteiger partial charge on any atom is 0.229 e. The molecule has 0 unspecified atom stereocenters. The van der Waals surface area contributed by atoms with Gasteiger partial charge in [0.05, 0.1) is 10.00 Å². The summed E-state index contributed by atoms with van der Waals surface area (Å²) in [6.07, 6.45) is 0. The highest BCUT2D eigenvalue weighted by Gasteiger charge is 2.30. The summed E-state index contributed by atoms with van der Waals surface area (Å²) in [5, 5.41) is -0.405. The van der Waals surface area contributed by atoms with E-state index in [1.807, 2.05) is 0 Å². The third kappa shape index (κ3) is 2.40. The number of hydrogen-bond donors (Lipinski definition) is 2. The minimum atomic E-state index is -0.645. The van der Waals surface area contributed by atoms with Gasteiger partial charge in [0.2, 0.25) is 5.24 Å². The zero-order valence-corrected chi connectivity index (χ0v) is 7.80. The summed E-state index contributed by atoms with van der Waals surface area (Å²) in [7, 11) is 0. The predicted octanol–water partition coefficient (Wildman–Crippen LogP) is 1.96. The summed E-state index contributed by atoms with van der Waals surface area (Å²) in [6.45, 7) is 3.40. The summed E-state index contributed by atoms with van der Waals surface area (Å²) in [5.41, 5.74) is -0.645. The van der Waals surface area contributed by atoms with Crippen LogP contribution in [0.5, 0.6) is 0 Å². The highest BCUT2D eigenvalue weighted by molar-refractivity contribution is 7.99. The van der Waals surface area contributed by atoms with Crippen LogP contribution in [0.1, 0.15) is 13.8 Å². The van der Waals surface area contributed by atoms with Crippen LogP contribution in [0, 0.1) is 5.41 Å². The van der Waals surface area contributed by atoms with Gasteiger partial charge in [0.15, 0.2) is 0 Å². The van der Waals surface area contributed by atoms with Gasteiger partial charge in [0.1, 0.15) is 0 Å². The first-order valence-corrected chi connectivity index (χ1v) is 3.86. The molecule has 0 spiro atoms. The van der Waals surface area contributed by atoms with Crippen molar-refractivity contribution in [3.63, 3.8) is 0 Å². The third-order valence-corrected chi connectivity index (χ3v) is 2.93. The second-order valence-corrected chi connectivity index (χ2v) is 4.15. The molecular formula is C5H9ClOS2. The van der Waals surface area contributed by atoms with E-state index in [1.54, 1.807) is 13.8 Å². The lowest BCUT2D eigenvalue weighted by atomic mass is 9.98. The van der Waals surface area contributed by atoms with Crippen LogP contribution in [0.2, 0.25) is 0 Å². The highest BCUT2D eigenvalue weighted by atomic mass is 35.5. The summed E-state index contributed by atoms with van der Waals surface area (Å²) in [6, 6.07) is 0. The molecule has 0 N–H and O–H groups in total. The van der Waals surface area contributed by atoms with Crippen molar-refractivity contribution < 1.29 is 4.79 Å². The Balaban J connectivity index is 4.19. The zero-order valence-electron chi connectivity index (χ0n) is 5.26. The topological polar surface area (TPSA) is 17.1 Å². The Morgan fingerprint density at radius 2 is 1.89 bits per heavy atom. The molecule has 0 aromatic carbocycles. The molecular weight excluding hydrogens is 176 g/mol. The lowest BCUT2D eigenvalue weighted by Gasteiger charge is -2.21. The summed E-state index contributed by atoms with van der Waals surface area (Å²) >= 11 is 13.2. The maximum atomic E-state index is 10.6. The van der Waals surface area contributed by atoms with Gasteiger partial charge in [-0.15, -0.1) is 0 Å². The minimum Gasteiger partial charge on any atom is -0.281 e. The number of carbonyl (C=O) groups excluding carboxylic acids is 1. The van der Waals surface area contributed by atoms with Crippen LogP contribution < -0.4 is 0 Å². The van der Waals surface area contributed by atoms with Crippen LogP contribution in [-0.4, -0.2) is 9.82 Å². The van der Waals surface area contributed by atoms with E-state index in [9.17, 15) is 4.79 Å². The molecule has 0 radical (unpaired) electrons. The van der Waals surface area contributed by atoms with Crippen molar-refractivity contribution in [1.82, 2.24) is 0 Å². The minimum absolute atomic E-state index is 0.303. The molecule has 4 heteroatoms. The van der Waals surface area contributed by atoms with Gasteiger partial charge < -0.3 is 0 Å². The van der Waals surface area contributed by atoms with Crippen LogP contribution >= 0.6 is 36.9 Å². The first kappa shape index (κ1) is 9.66. The van der Waals surface area contributed by atoms with E-state index in [-0.39, 0.29) is 4.58 Å². The van der Waals surface area contributed by atoms with Gasteiger partial charge in [0.25, 0.3) is 0 Å². The molecule has 0 bridgehead atoms. The Morgan fingerprint density at radius 3 is 1.89 bits per heavy atom. The molecule has 0 fully saturated rings. The third-order valence-electron chi connectivity index (χ3n) is 1.15. The lowest BCUT2D eigenvalue weighted by molar-refractivity contribution is -0.118. The van der Waals surface area contributed by atoms with Gasteiger partial charge in [-0.1, -0.05) is 0 Å². The van der Waals surface area contributed by atoms with Crippen molar-refractivity contribution in [1.29, 1.82) is 0 Å². The summed E-state index contributed by atoms with van der Waals surface area (Å²) < 4.78 is -0.303. The number of thiol groups is 2. The van der Waals surface area contributed by atoms with E-state index in [0.717, 1.165) is 0 Å². The van der Waals surface area contributed by atoms with Gasteiger partial charge in [-0.25, -0.2) is 0 Å². The molecule has 54 valence electrons. The molecule has 0 rings (SSSR count). The normalized spacial score (nSPS) is 12.2. The van der Waals surface area contributed by atoms with Crippen molar-refractivity contribution in [2.45, 2.75) is 18.4 Å². The van der Waals surface area contributed by atoms with E-state index in [4.69, 9.17) is 11.6 Å². The molecule has 0 heterocycles. The average Bonchev–Trinajstić information content (AvgIpc) is 1.65. The van der Waals surface area contributed by atoms with Crippen molar-refractivity contribution >= 4 is 42.1 Å². The molecule has 0 aliphatic heterocycles. The number of halogens is 1. The summed E-state index contributed by atoms with van der Waals surface area (Å²) in [5.74, 6) is 0. The molecule has 0 aromatic rings. The van der Waals surface area contributed by atoms with E-state index in [1.165, 1.54) is 0 Å². The van der Waals surface area contributed by atoms with E-state index < -0.39 is 10.7 Å².